The van der Waals surface area contributed by atoms with E-state index in [2.05, 4.69) is 35.4 Å². The van der Waals surface area contributed by atoms with E-state index >= 15 is 0 Å². The molecule has 0 heterocycles. The van der Waals surface area contributed by atoms with Crippen LogP contribution in [0.1, 0.15) is 37.9 Å². The van der Waals surface area contributed by atoms with Gasteiger partial charge < -0.3 is 32.7 Å². The lowest BCUT2D eigenvalue weighted by molar-refractivity contribution is -0.117. The van der Waals surface area contributed by atoms with Crippen molar-refractivity contribution in [2.45, 2.75) is 33.7 Å². The van der Waals surface area contributed by atoms with E-state index in [1.807, 2.05) is 56.3 Å². The molecule has 0 saturated carbocycles. The molecule has 1 atom stereocenters. The maximum Gasteiger partial charge on any atom is 0.263 e. The SMILES string of the molecule is CCN(CC)c1ccc(N/C=C(/C#N)C(=O)NC(C)c2ccc(OC)cc2)c(C)c1.[Cl-]. The summed E-state index contributed by atoms with van der Waals surface area (Å²) >= 11 is 0. The van der Waals surface area contributed by atoms with Crippen molar-refractivity contribution in [1.82, 2.24) is 5.32 Å². The zero-order valence-corrected chi connectivity index (χ0v) is 19.5. The Morgan fingerprint density at radius 3 is 2.35 bits per heavy atom. The van der Waals surface area contributed by atoms with E-state index in [0.717, 1.165) is 41.3 Å². The minimum absolute atomic E-state index is 0. The lowest BCUT2D eigenvalue weighted by Gasteiger charge is -2.22. The summed E-state index contributed by atoms with van der Waals surface area (Å²) in [5.41, 5.74) is 3.99. The highest BCUT2D eigenvalue weighted by molar-refractivity contribution is 5.97. The molecule has 0 aliphatic rings. The molecule has 0 aromatic heterocycles. The third kappa shape index (κ3) is 6.94. The third-order valence-corrected chi connectivity index (χ3v) is 5.04. The number of hydrogen-bond donors (Lipinski definition) is 2. The van der Waals surface area contributed by atoms with Gasteiger partial charge in [0, 0.05) is 30.7 Å². The molecule has 31 heavy (non-hydrogen) atoms. The molecule has 0 radical (unpaired) electrons. The van der Waals surface area contributed by atoms with Crippen molar-refractivity contribution < 1.29 is 21.9 Å². The van der Waals surface area contributed by atoms with E-state index in [1.165, 1.54) is 6.20 Å². The van der Waals surface area contributed by atoms with Crippen LogP contribution in [0.25, 0.3) is 0 Å². The van der Waals surface area contributed by atoms with Crippen molar-refractivity contribution >= 4 is 17.3 Å². The quantitative estimate of drug-likeness (QED) is 0.456. The first-order valence-electron chi connectivity index (χ1n) is 10.1. The van der Waals surface area contributed by atoms with Crippen molar-refractivity contribution in [3.8, 4) is 11.8 Å². The largest absolute Gasteiger partial charge is 1.00 e. The van der Waals surface area contributed by atoms with E-state index in [1.54, 1.807) is 7.11 Å². The second-order valence-corrected chi connectivity index (χ2v) is 6.95. The van der Waals surface area contributed by atoms with Gasteiger partial charge in [-0.05, 0) is 69.2 Å². The van der Waals surface area contributed by atoms with Gasteiger partial charge in [-0.1, -0.05) is 12.1 Å². The molecule has 2 aromatic rings. The number of nitrogens with zero attached hydrogens (tertiary/aromatic N) is 2. The normalized spacial score (nSPS) is 11.5. The van der Waals surface area contributed by atoms with Gasteiger partial charge in [0.2, 0.25) is 0 Å². The van der Waals surface area contributed by atoms with Crippen LogP contribution in [-0.4, -0.2) is 26.1 Å². The maximum atomic E-state index is 12.5. The van der Waals surface area contributed by atoms with Gasteiger partial charge in [0.15, 0.2) is 0 Å². The Hall–Kier alpha value is -3.17. The molecule has 1 unspecified atom stereocenters. The Bertz CT molecular complexity index is 932. The number of carbonyl (C=O) groups excluding carboxylic acids is 1. The topological polar surface area (TPSA) is 77.4 Å². The number of ether oxygens (including phenoxy) is 1. The van der Waals surface area contributed by atoms with E-state index in [-0.39, 0.29) is 24.0 Å². The van der Waals surface area contributed by atoms with Gasteiger partial charge in [0.1, 0.15) is 17.4 Å². The van der Waals surface area contributed by atoms with Gasteiger partial charge in [-0.3, -0.25) is 4.79 Å². The first kappa shape index (κ1) is 25.9. The first-order valence-corrected chi connectivity index (χ1v) is 10.1. The Morgan fingerprint density at radius 2 is 1.84 bits per heavy atom. The second-order valence-electron chi connectivity index (χ2n) is 6.95. The number of nitrogens with one attached hydrogen (secondary N) is 2. The van der Waals surface area contributed by atoms with Crippen molar-refractivity contribution in [2.24, 2.45) is 0 Å². The molecule has 1 amide bonds. The fraction of sp³-hybridized carbons (Fsp3) is 0.333. The molecule has 0 saturated heterocycles. The molecule has 0 aliphatic carbocycles. The highest BCUT2D eigenvalue weighted by Crippen LogP contribution is 2.23. The summed E-state index contributed by atoms with van der Waals surface area (Å²) in [5, 5.41) is 15.4. The average Bonchev–Trinajstić information content (AvgIpc) is 2.76. The van der Waals surface area contributed by atoms with Crippen LogP contribution in [-0.2, 0) is 4.79 Å². The van der Waals surface area contributed by atoms with Crippen molar-refractivity contribution in [3.63, 3.8) is 0 Å². The Labute approximate surface area is 191 Å². The zero-order valence-electron chi connectivity index (χ0n) is 18.7. The number of anilines is 2. The number of benzene rings is 2. The lowest BCUT2D eigenvalue weighted by Crippen LogP contribution is -3.00. The summed E-state index contributed by atoms with van der Waals surface area (Å²) in [7, 11) is 1.61. The van der Waals surface area contributed by atoms with Crippen LogP contribution in [0.4, 0.5) is 11.4 Å². The van der Waals surface area contributed by atoms with Crippen molar-refractivity contribution in [3.05, 3.63) is 65.4 Å². The molecule has 166 valence electrons. The number of amides is 1. The third-order valence-electron chi connectivity index (χ3n) is 5.04. The lowest BCUT2D eigenvalue weighted by atomic mass is 10.1. The van der Waals surface area contributed by atoms with Gasteiger partial charge in [-0.15, -0.1) is 0 Å². The van der Waals surface area contributed by atoms with Crippen LogP contribution in [0.2, 0.25) is 0 Å². The van der Waals surface area contributed by atoms with Crippen LogP contribution in [0, 0.1) is 18.3 Å². The molecule has 7 heteroatoms. The minimum Gasteiger partial charge on any atom is -1.00 e. The summed E-state index contributed by atoms with van der Waals surface area (Å²) in [4.78, 5) is 14.8. The highest BCUT2D eigenvalue weighted by atomic mass is 35.5. The second kappa shape index (κ2) is 12.5. The van der Waals surface area contributed by atoms with Crippen molar-refractivity contribution in [2.75, 3.05) is 30.4 Å². The minimum atomic E-state index is -0.425. The molecule has 0 aliphatic heterocycles. The maximum absolute atomic E-state index is 12.5. The summed E-state index contributed by atoms with van der Waals surface area (Å²) in [6.45, 7) is 10.00. The molecule has 6 nitrogen and oxygen atoms in total. The van der Waals surface area contributed by atoms with E-state index in [0.29, 0.717) is 0 Å². The monoisotopic (exact) mass is 441 g/mol. The number of halogens is 1. The van der Waals surface area contributed by atoms with Crippen LogP contribution in [0.5, 0.6) is 5.75 Å². The van der Waals surface area contributed by atoms with Gasteiger partial charge in [-0.2, -0.15) is 5.26 Å². The molecule has 0 bridgehead atoms. The fourth-order valence-electron chi connectivity index (χ4n) is 3.14. The van der Waals surface area contributed by atoms with Gasteiger partial charge >= 0.3 is 0 Å². The van der Waals surface area contributed by atoms with Crippen LogP contribution in [0.15, 0.2) is 54.2 Å². The zero-order chi connectivity index (χ0) is 22.1. The summed E-state index contributed by atoms with van der Waals surface area (Å²) < 4.78 is 5.15. The van der Waals surface area contributed by atoms with Crippen LogP contribution in [0.3, 0.4) is 0 Å². The van der Waals surface area contributed by atoms with Crippen LogP contribution < -0.4 is 32.7 Å². The van der Waals surface area contributed by atoms with Gasteiger partial charge in [0.25, 0.3) is 5.91 Å². The van der Waals surface area contributed by atoms with Crippen LogP contribution >= 0.6 is 0 Å². The molecule has 0 fully saturated rings. The number of nitriles is 1. The summed E-state index contributed by atoms with van der Waals surface area (Å²) in [5.74, 6) is 0.326. The molecular weight excluding hydrogens is 412 g/mol. The Kier molecular flexibility index (Phi) is 10.4. The Morgan fingerprint density at radius 1 is 1.19 bits per heavy atom. The number of carbonyl (C=O) groups is 1. The smallest absolute Gasteiger partial charge is 0.263 e. The average molecular weight is 442 g/mol. The van der Waals surface area contributed by atoms with E-state index in [9.17, 15) is 10.1 Å². The summed E-state index contributed by atoms with van der Waals surface area (Å²) in [6.07, 6.45) is 1.45. The Balaban J connectivity index is 0.00000480. The number of rotatable bonds is 9. The van der Waals surface area contributed by atoms with Gasteiger partial charge in [0.05, 0.1) is 13.2 Å². The number of methoxy groups -OCH3 is 1. The predicted molar refractivity (Wildman–Crippen MR) is 122 cm³/mol. The molecular formula is C24H30ClN4O2-. The number of hydrogen-bond acceptors (Lipinski definition) is 5. The molecule has 2 N–H and O–H groups in total. The van der Waals surface area contributed by atoms with Crippen molar-refractivity contribution in [1.29, 1.82) is 5.26 Å². The molecule has 0 spiro atoms. The number of aryl methyl sites for hydroxylation is 1. The van der Waals surface area contributed by atoms with E-state index < -0.39 is 5.91 Å². The molecule has 2 rings (SSSR count). The molecule has 2 aromatic carbocycles. The standard InChI is InChI=1S/C24H30N4O2.ClH/c1-6-28(7-2)21-10-13-23(17(3)14-21)26-16-20(15-25)24(29)27-18(4)19-8-11-22(30-5)12-9-19;/h8-14,16,18,26H,6-7H2,1-5H3,(H,27,29);1H/p-1/b20-16-;. The van der Waals surface area contributed by atoms with Gasteiger partial charge in [-0.25, -0.2) is 0 Å². The highest BCUT2D eigenvalue weighted by Gasteiger charge is 2.14. The first-order chi connectivity index (χ1) is 14.4. The summed E-state index contributed by atoms with van der Waals surface area (Å²) in [6, 6.07) is 15.3. The predicted octanol–water partition coefficient (Wildman–Crippen LogP) is 1.55. The van der Waals surface area contributed by atoms with E-state index in [4.69, 9.17) is 4.74 Å². The fourth-order valence-corrected chi connectivity index (χ4v) is 3.14.